The molecule has 4 unspecified atom stereocenters. The highest BCUT2D eigenvalue weighted by Crippen LogP contribution is 2.55. The van der Waals surface area contributed by atoms with Gasteiger partial charge in [-0.05, 0) is 63.1 Å². The van der Waals surface area contributed by atoms with Gasteiger partial charge in [0.05, 0.1) is 6.10 Å². The molecular formula is C23H36O3. The third kappa shape index (κ3) is 3.74. The summed E-state index contributed by atoms with van der Waals surface area (Å²) < 4.78 is 6.37. The summed E-state index contributed by atoms with van der Waals surface area (Å²) in [5.41, 5.74) is 1.67. The van der Waals surface area contributed by atoms with E-state index in [-0.39, 0.29) is 23.4 Å². The van der Waals surface area contributed by atoms with Crippen LogP contribution in [0.25, 0.3) is 0 Å². The summed E-state index contributed by atoms with van der Waals surface area (Å²) in [4.78, 5) is 0. The fraction of sp³-hybridized carbons (Fsp3) is 0.739. The van der Waals surface area contributed by atoms with Gasteiger partial charge in [0.1, 0.15) is 17.1 Å². The van der Waals surface area contributed by atoms with Crippen LogP contribution >= 0.6 is 0 Å². The maximum absolute atomic E-state index is 10.9. The molecule has 1 aliphatic heterocycles. The zero-order valence-corrected chi connectivity index (χ0v) is 16.9. The molecule has 1 fully saturated rings. The minimum atomic E-state index is -0.415. The summed E-state index contributed by atoms with van der Waals surface area (Å²) in [6.07, 6.45) is 8.83. The molecule has 1 heterocycles. The van der Waals surface area contributed by atoms with Crippen LogP contribution in [0, 0.1) is 11.8 Å². The number of phenolic OH excluding ortho intramolecular Hbond substituents is 1. The highest BCUT2D eigenvalue weighted by atomic mass is 16.5. The van der Waals surface area contributed by atoms with Gasteiger partial charge in [0, 0.05) is 17.4 Å². The lowest BCUT2D eigenvalue weighted by atomic mass is 9.62. The Morgan fingerprint density at radius 2 is 1.85 bits per heavy atom. The molecule has 3 rings (SSSR count). The van der Waals surface area contributed by atoms with Crippen LogP contribution in [0.5, 0.6) is 11.5 Å². The molecule has 0 aromatic heterocycles. The first-order valence-electron chi connectivity index (χ1n) is 10.6. The van der Waals surface area contributed by atoms with Gasteiger partial charge in [-0.15, -0.1) is 0 Å². The van der Waals surface area contributed by atoms with Crippen LogP contribution in [0.1, 0.15) is 89.7 Å². The van der Waals surface area contributed by atoms with E-state index in [1.54, 1.807) is 0 Å². The molecule has 4 atom stereocenters. The van der Waals surface area contributed by atoms with E-state index in [1.807, 2.05) is 6.07 Å². The number of aliphatic hydroxyl groups excluding tert-OH is 1. The normalized spacial score (nSPS) is 29.6. The quantitative estimate of drug-likeness (QED) is 0.652. The lowest BCUT2D eigenvalue weighted by molar-refractivity contribution is -0.0662. The molecule has 0 amide bonds. The number of rotatable bonds is 6. The van der Waals surface area contributed by atoms with E-state index < -0.39 is 6.10 Å². The van der Waals surface area contributed by atoms with Crippen LogP contribution in [-0.2, 0) is 6.42 Å². The summed E-state index contributed by atoms with van der Waals surface area (Å²) in [5, 5.41) is 21.7. The van der Waals surface area contributed by atoms with Crippen molar-refractivity contribution in [1.82, 2.24) is 0 Å². The second kappa shape index (κ2) is 7.80. The number of aryl methyl sites for hydroxylation is 1. The van der Waals surface area contributed by atoms with E-state index in [0.29, 0.717) is 5.75 Å². The van der Waals surface area contributed by atoms with Gasteiger partial charge in [-0.2, -0.15) is 0 Å². The van der Waals surface area contributed by atoms with Crippen molar-refractivity contribution < 1.29 is 14.9 Å². The Labute approximate surface area is 158 Å². The number of hydrogen-bond donors (Lipinski definition) is 2. The molecule has 0 radical (unpaired) electrons. The molecule has 1 saturated carbocycles. The zero-order valence-electron chi connectivity index (χ0n) is 16.9. The van der Waals surface area contributed by atoms with Crippen molar-refractivity contribution in [3.8, 4) is 11.5 Å². The van der Waals surface area contributed by atoms with Crippen molar-refractivity contribution in [1.29, 1.82) is 0 Å². The standard InChI is InChI=1S/C23H36O3/c1-5-6-7-8-9-10-16-13-18(24)21-19(14-16)26-23(3,4)17-12-11-15(2)22(25)20(17)21/h13-15,17,20,22,24-25H,5-12H2,1-4H3. The smallest absolute Gasteiger partial charge is 0.127 e. The van der Waals surface area contributed by atoms with Gasteiger partial charge in [-0.1, -0.05) is 39.5 Å². The summed E-state index contributed by atoms with van der Waals surface area (Å²) >= 11 is 0. The second-order valence-electron chi connectivity index (χ2n) is 9.07. The summed E-state index contributed by atoms with van der Waals surface area (Å²) in [6.45, 7) is 8.61. The van der Waals surface area contributed by atoms with Gasteiger partial charge in [0.2, 0.25) is 0 Å². The monoisotopic (exact) mass is 360 g/mol. The topological polar surface area (TPSA) is 49.7 Å². The molecule has 3 heteroatoms. The first-order valence-corrected chi connectivity index (χ1v) is 10.6. The molecule has 0 bridgehead atoms. The molecule has 1 aliphatic carbocycles. The molecule has 146 valence electrons. The van der Waals surface area contributed by atoms with Crippen LogP contribution < -0.4 is 4.74 Å². The number of fused-ring (bicyclic) bond motifs is 3. The molecule has 3 nitrogen and oxygen atoms in total. The molecule has 0 saturated heterocycles. The van der Waals surface area contributed by atoms with E-state index in [1.165, 1.54) is 25.7 Å². The minimum Gasteiger partial charge on any atom is -0.508 e. The number of ether oxygens (including phenoxy) is 1. The molecular weight excluding hydrogens is 324 g/mol. The third-order valence-corrected chi connectivity index (χ3v) is 6.67. The predicted octanol–water partition coefficient (Wildman–Crippen LogP) is 5.57. The molecule has 26 heavy (non-hydrogen) atoms. The number of aliphatic hydroxyl groups is 1. The Morgan fingerprint density at radius 1 is 1.12 bits per heavy atom. The van der Waals surface area contributed by atoms with E-state index in [2.05, 4.69) is 33.8 Å². The predicted molar refractivity (Wildman–Crippen MR) is 106 cm³/mol. The Kier molecular flexibility index (Phi) is 5.86. The minimum absolute atomic E-state index is 0.0314. The highest BCUT2D eigenvalue weighted by Gasteiger charge is 2.50. The first kappa shape index (κ1) is 19.5. The van der Waals surface area contributed by atoms with Crippen molar-refractivity contribution in [3.05, 3.63) is 23.3 Å². The molecule has 2 N–H and O–H groups in total. The number of benzene rings is 1. The lowest BCUT2D eigenvalue weighted by Gasteiger charge is -2.50. The number of phenols is 1. The fourth-order valence-corrected chi connectivity index (χ4v) is 5.06. The van der Waals surface area contributed by atoms with Gasteiger partial charge in [-0.3, -0.25) is 0 Å². The summed E-state index contributed by atoms with van der Waals surface area (Å²) in [5.74, 6) is 1.57. The van der Waals surface area contributed by atoms with E-state index in [4.69, 9.17) is 4.74 Å². The van der Waals surface area contributed by atoms with Crippen LogP contribution in [0.2, 0.25) is 0 Å². The summed E-state index contributed by atoms with van der Waals surface area (Å²) in [7, 11) is 0. The van der Waals surface area contributed by atoms with Gasteiger partial charge in [0.15, 0.2) is 0 Å². The number of aromatic hydroxyl groups is 1. The van der Waals surface area contributed by atoms with Crippen LogP contribution in [-0.4, -0.2) is 21.9 Å². The van der Waals surface area contributed by atoms with E-state index >= 15 is 0 Å². The van der Waals surface area contributed by atoms with E-state index in [9.17, 15) is 10.2 Å². The van der Waals surface area contributed by atoms with Gasteiger partial charge in [0.25, 0.3) is 0 Å². The Balaban J connectivity index is 1.85. The Morgan fingerprint density at radius 3 is 2.58 bits per heavy atom. The maximum Gasteiger partial charge on any atom is 0.127 e. The average molecular weight is 361 g/mol. The average Bonchev–Trinajstić information content (AvgIpc) is 2.57. The van der Waals surface area contributed by atoms with Crippen molar-refractivity contribution in [3.63, 3.8) is 0 Å². The summed E-state index contributed by atoms with van der Waals surface area (Å²) in [6, 6.07) is 4.02. The Bertz CT molecular complexity index is 622. The first-order chi connectivity index (χ1) is 12.3. The largest absolute Gasteiger partial charge is 0.508 e. The maximum atomic E-state index is 10.9. The molecule has 1 aromatic rings. The van der Waals surface area contributed by atoms with Crippen LogP contribution in [0.15, 0.2) is 12.1 Å². The van der Waals surface area contributed by atoms with Gasteiger partial charge in [-0.25, -0.2) is 0 Å². The van der Waals surface area contributed by atoms with Crippen molar-refractivity contribution in [2.24, 2.45) is 11.8 Å². The third-order valence-electron chi connectivity index (χ3n) is 6.67. The van der Waals surface area contributed by atoms with E-state index in [0.717, 1.165) is 42.6 Å². The van der Waals surface area contributed by atoms with Gasteiger partial charge >= 0.3 is 0 Å². The highest BCUT2D eigenvalue weighted by molar-refractivity contribution is 5.52. The zero-order chi connectivity index (χ0) is 18.9. The number of hydrogen-bond acceptors (Lipinski definition) is 3. The molecule has 0 spiro atoms. The van der Waals surface area contributed by atoms with Crippen LogP contribution in [0.4, 0.5) is 0 Å². The SMILES string of the molecule is CCCCCCCc1cc(O)c2c(c1)OC(C)(C)C1CCC(C)C(O)C21. The fourth-order valence-electron chi connectivity index (χ4n) is 5.06. The number of unbranched alkanes of at least 4 members (excludes halogenated alkanes) is 4. The van der Waals surface area contributed by atoms with Crippen molar-refractivity contribution in [2.45, 2.75) is 96.7 Å². The second-order valence-corrected chi connectivity index (χ2v) is 9.07. The Hall–Kier alpha value is -1.22. The van der Waals surface area contributed by atoms with Crippen molar-refractivity contribution >= 4 is 0 Å². The van der Waals surface area contributed by atoms with Crippen molar-refractivity contribution in [2.75, 3.05) is 0 Å². The van der Waals surface area contributed by atoms with Crippen LogP contribution in [0.3, 0.4) is 0 Å². The lowest BCUT2D eigenvalue weighted by Crippen LogP contribution is -2.51. The molecule has 1 aromatic carbocycles. The molecule has 2 aliphatic rings. The van der Waals surface area contributed by atoms with Gasteiger partial charge < -0.3 is 14.9 Å².